The molecule has 0 radical (unpaired) electrons. The molecule has 6 rings (SSSR count). The Morgan fingerprint density at radius 2 is 1.22 bits per heavy atom. The van der Waals surface area contributed by atoms with Gasteiger partial charge in [-0.3, -0.25) is 9.59 Å². The van der Waals surface area contributed by atoms with E-state index < -0.39 is 0 Å². The molecule has 0 saturated carbocycles. The summed E-state index contributed by atoms with van der Waals surface area (Å²) < 4.78 is 12.3. The normalized spacial score (nSPS) is 13.9. The van der Waals surface area contributed by atoms with Gasteiger partial charge < -0.3 is 19.4 Å². The number of ether oxygens (including phenoxy) is 2. The Balaban J connectivity index is 1.42. The smallest absolute Gasteiger partial charge is 0.146 e. The minimum atomic E-state index is 0.00301. The van der Waals surface area contributed by atoms with Gasteiger partial charge in [0.05, 0.1) is 23.8 Å². The van der Waals surface area contributed by atoms with Gasteiger partial charge in [0.1, 0.15) is 47.9 Å². The highest BCUT2D eigenvalue weighted by atomic mass is 31.1. The predicted octanol–water partition coefficient (Wildman–Crippen LogP) is 2.91. The van der Waals surface area contributed by atoms with Crippen molar-refractivity contribution in [1.29, 1.82) is 0 Å². The van der Waals surface area contributed by atoms with Crippen molar-refractivity contribution in [3.8, 4) is 45.1 Å². The van der Waals surface area contributed by atoms with Crippen LogP contribution in [0.1, 0.15) is 11.1 Å². The molecule has 158 valence electrons. The summed E-state index contributed by atoms with van der Waals surface area (Å²) in [5, 5.41) is 0. The lowest BCUT2D eigenvalue weighted by atomic mass is 9.87. The zero-order valence-corrected chi connectivity index (χ0v) is 18.6. The van der Waals surface area contributed by atoms with E-state index in [1.165, 1.54) is 0 Å². The number of aromatic nitrogens is 4. The van der Waals surface area contributed by atoms with Gasteiger partial charge in [-0.05, 0) is 24.3 Å². The van der Waals surface area contributed by atoms with Crippen molar-refractivity contribution in [2.24, 2.45) is 0 Å². The number of aromatic amines is 2. The zero-order valence-electron chi connectivity index (χ0n) is 16.6. The van der Waals surface area contributed by atoms with E-state index in [-0.39, 0.29) is 17.2 Å². The lowest BCUT2D eigenvalue weighted by Crippen LogP contribution is -2.15. The maximum Gasteiger partial charge on any atom is 0.146 e. The highest BCUT2D eigenvalue weighted by Gasteiger charge is 2.30. The van der Waals surface area contributed by atoms with Crippen molar-refractivity contribution in [3.05, 3.63) is 47.8 Å². The van der Waals surface area contributed by atoms with Crippen LogP contribution in [-0.4, -0.2) is 32.0 Å². The first-order valence-corrected chi connectivity index (χ1v) is 12.0. The number of nitrogens with one attached hydrogen (secondary N) is 2. The molecule has 32 heavy (non-hydrogen) atoms. The molecule has 0 aliphatic carbocycles. The first-order chi connectivity index (χ1) is 15.7. The molecule has 2 aliphatic rings. The van der Waals surface area contributed by atoms with Crippen LogP contribution in [0.3, 0.4) is 0 Å². The van der Waals surface area contributed by atoms with Gasteiger partial charge in [0.2, 0.25) is 0 Å². The van der Waals surface area contributed by atoms with Crippen LogP contribution in [0, 0.1) is 0 Å². The number of H-pyrrole nitrogens is 2. The molecule has 0 saturated heterocycles. The molecule has 2 N–H and O–H groups in total. The Kier molecular flexibility index (Phi) is 4.63. The summed E-state index contributed by atoms with van der Waals surface area (Å²) in [6, 6.07) is 9.89. The number of hydrogen-bond acceptors (Lipinski definition) is 6. The van der Waals surface area contributed by atoms with Crippen molar-refractivity contribution >= 4 is 40.3 Å². The highest BCUT2D eigenvalue weighted by Crippen LogP contribution is 2.50. The molecular formula is C22H16N4O4P2. The minimum absolute atomic E-state index is 0.00301. The van der Waals surface area contributed by atoms with E-state index in [0.29, 0.717) is 24.3 Å². The van der Waals surface area contributed by atoms with Crippen LogP contribution < -0.4 is 20.6 Å². The first-order valence-electron chi connectivity index (χ1n) is 9.84. The van der Waals surface area contributed by atoms with Crippen LogP contribution in [0.25, 0.3) is 33.6 Å². The fourth-order valence-electron chi connectivity index (χ4n) is 4.19. The summed E-state index contributed by atoms with van der Waals surface area (Å²) in [5.41, 5.74) is 9.11. The van der Waals surface area contributed by atoms with Crippen LogP contribution in [0.4, 0.5) is 0 Å². The topological polar surface area (TPSA) is 110 Å². The maximum atomic E-state index is 10.8. The van der Waals surface area contributed by atoms with E-state index in [2.05, 4.69) is 32.1 Å². The second-order valence-corrected chi connectivity index (χ2v) is 9.41. The number of imidazole rings is 2. The molecule has 2 atom stereocenters. The SMILES string of the molecule is O=CPc1ncc(-c2cc3c4c(c2)OCc2cc(-c5cnc(PC=O)[nH]5)cc(c2-4)OC3)[nH]1. The lowest BCUT2D eigenvalue weighted by molar-refractivity contribution is 0.278. The standard InChI is InChI=1S/C22H16N4O4P2/c27-9-31-21-23-5-15(25-21)11-1-13-7-29-18-4-12(16-6-24-22(26-16)32-10-28)2-14-8-30-17(3-11)19(13)20(14)18/h1-6,9-10,31-32H,7-8H2,(H,23,25)(H,24,26). The van der Waals surface area contributed by atoms with Crippen molar-refractivity contribution in [2.45, 2.75) is 13.2 Å². The number of carbonyl (C=O) groups is 2. The van der Waals surface area contributed by atoms with E-state index >= 15 is 0 Å². The van der Waals surface area contributed by atoms with Crippen molar-refractivity contribution in [3.63, 3.8) is 0 Å². The molecule has 2 aliphatic heterocycles. The Hall–Kier alpha value is -3.34. The zero-order chi connectivity index (χ0) is 21.7. The van der Waals surface area contributed by atoms with E-state index in [9.17, 15) is 9.59 Å². The summed E-state index contributed by atoms with van der Waals surface area (Å²) in [4.78, 5) is 36.5. The molecule has 0 fully saturated rings. The molecule has 0 spiro atoms. The maximum absolute atomic E-state index is 10.8. The Labute approximate surface area is 185 Å². The second kappa shape index (κ2) is 7.66. The number of benzene rings is 2. The number of nitrogens with zero attached hydrogens (tertiary/aromatic N) is 2. The van der Waals surface area contributed by atoms with Gasteiger partial charge in [0, 0.05) is 50.5 Å². The molecule has 2 aromatic heterocycles. The Morgan fingerprint density at radius 1 is 0.750 bits per heavy atom. The van der Waals surface area contributed by atoms with Crippen LogP contribution in [-0.2, 0) is 22.8 Å². The van der Waals surface area contributed by atoms with Gasteiger partial charge in [0.15, 0.2) is 0 Å². The molecule has 4 aromatic rings. The number of hydrogen-bond donors (Lipinski definition) is 2. The second-order valence-electron chi connectivity index (χ2n) is 7.41. The fourth-order valence-corrected chi connectivity index (χ4v) is 5.10. The van der Waals surface area contributed by atoms with E-state index in [1.54, 1.807) is 12.4 Å². The average Bonchev–Trinajstić information content (AvgIpc) is 3.47. The molecule has 0 bridgehead atoms. The average molecular weight is 462 g/mol. The van der Waals surface area contributed by atoms with Crippen molar-refractivity contribution < 1.29 is 19.1 Å². The monoisotopic (exact) mass is 462 g/mol. The summed E-state index contributed by atoms with van der Waals surface area (Å²) in [7, 11) is 0.00603. The van der Waals surface area contributed by atoms with Gasteiger partial charge >= 0.3 is 0 Å². The fraction of sp³-hybridized carbons (Fsp3) is 0.0909. The summed E-state index contributed by atoms with van der Waals surface area (Å²) in [6.45, 7) is 0.848. The first kappa shape index (κ1) is 19.4. The van der Waals surface area contributed by atoms with Gasteiger partial charge in [0.25, 0.3) is 0 Å². The van der Waals surface area contributed by atoms with Gasteiger partial charge in [-0.1, -0.05) is 0 Å². The third kappa shape index (κ3) is 3.15. The summed E-state index contributed by atoms with van der Waals surface area (Å²) in [6.07, 6.45) is 3.48. The highest BCUT2D eigenvalue weighted by molar-refractivity contribution is 7.62. The minimum Gasteiger partial charge on any atom is -0.488 e. The van der Waals surface area contributed by atoms with Crippen molar-refractivity contribution in [1.82, 2.24) is 19.9 Å². The number of rotatable bonds is 6. The van der Waals surface area contributed by atoms with Crippen LogP contribution >= 0.6 is 17.2 Å². The molecule has 2 aromatic carbocycles. The summed E-state index contributed by atoms with van der Waals surface area (Å²) >= 11 is 0. The molecule has 8 nitrogen and oxygen atoms in total. The van der Waals surface area contributed by atoms with Gasteiger partial charge in [-0.2, -0.15) is 0 Å². The Bertz CT molecular complexity index is 1240. The van der Waals surface area contributed by atoms with Crippen LogP contribution in [0.2, 0.25) is 0 Å². The van der Waals surface area contributed by atoms with Gasteiger partial charge in [-0.25, -0.2) is 9.97 Å². The largest absolute Gasteiger partial charge is 0.488 e. The van der Waals surface area contributed by atoms with Crippen molar-refractivity contribution in [2.75, 3.05) is 0 Å². The quantitative estimate of drug-likeness (QED) is 0.337. The molecule has 10 heteroatoms. The number of carbonyl (C=O) groups excluding carboxylic acids is 2. The molecule has 2 unspecified atom stereocenters. The van der Waals surface area contributed by atoms with Gasteiger partial charge in [-0.15, -0.1) is 0 Å². The third-order valence-electron chi connectivity index (χ3n) is 5.55. The predicted molar refractivity (Wildman–Crippen MR) is 125 cm³/mol. The molecule has 0 amide bonds. The summed E-state index contributed by atoms with van der Waals surface area (Å²) in [5.74, 6) is 1.62. The molecule has 4 heterocycles. The van der Waals surface area contributed by atoms with E-state index in [0.717, 1.165) is 68.3 Å². The Morgan fingerprint density at radius 3 is 1.66 bits per heavy atom. The van der Waals surface area contributed by atoms with Crippen LogP contribution in [0.5, 0.6) is 11.5 Å². The van der Waals surface area contributed by atoms with E-state index in [4.69, 9.17) is 9.47 Å². The van der Waals surface area contributed by atoms with Crippen LogP contribution in [0.15, 0.2) is 36.7 Å². The molecular weight excluding hydrogens is 446 g/mol. The lowest BCUT2D eigenvalue weighted by Gasteiger charge is -2.30. The third-order valence-corrected chi connectivity index (χ3v) is 6.84. The van der Waals surface area contributed by atoms with E-state index in [1.807, 2.05) is 12.1 Å².